The summed E-state index contributed by atoms with van der Waals surface area (Å²) < 4.78 is 0. The van der Waals surface area contributed by atoms with E-state index in [4.69, 9.17) is 10.8 Å². The molecule has 3 N–H and O–H groups in total. The molecule has 0 saturated carbocycles. The highest BCUT2D eigenvalue weighted by Gasteiger charge is 2.41. The Morgan fingerprint density at radius 3 is 2.10 bits per heavy atom. The fourth-order valence-corrected chi connectivity index (χ4v) is 1.96. The zero-order valence-corrected chi connectivity index (χ0v) is 10.4. The van der Waals surface area contributed by atoms with Crippen molar-refractivity contribution < 1.29 is 24.3 Å². The average Bonchev–Trinajstić information content (AvgIpc) is 2.68. The van der Waals surface area contributed by atoms with Gasteiger partial charge in [0.2, 0.25) is 0 Å². The molecule has 1 unspecified atom stereocenters. The number of carboxylic acid groups (broad SMARTS) is 1. The van der Waals surface area contributed by atoms with E-state index in [1.807, 2.05) is 0 Å². The van der Waals surface area contributed by atoms with Crippen LogP contribution in [0.2, 0.25) is 0 Å². The largest absolute Gasteiger partial charge is 0.481 e. The number of nitrogens with two attached hydrogens (primary N) is 1. The average molecular weight is 276 g/mol. The van der Waals surface area contributed by atoms with Gasteiger partial charge in [-0.25, -0.2) is 4.90 Å². The lowest BCUT2D eigenvalue weighted by Gasteiger charge is -2.16. The van der Waals surface area contributed by atoms with Gasteiger partial charge in [-0.3, -0.25) is 19.2 Å². The third-order valence-corrected chi connectivity index (χ3v) is 3.00. The Kier molecular flexibility index (Phi) is 3.62. The van der Waals surface area contributed by atoms with Crippen molar-refractivity contribution in [1.82, 2.24) is 4.90 Å². The molecule has 1 aliphatic rings. The van der Waals surface area contributed by atoms with Gasteiger partial charge in [0, 0.05) is 6.42 Å². The summed E-state index contributed by atoms with van der Waals surface area (Å²) in [6.07, 6.45) is -0.447. The lowest BCUT2D eigenvalue weighted by molar-refractivity contribution is -0.137. The zero-order valence-electron chi connectivity index (χ0n) is 10.4. The minimum atomic E-state index is -1.20. The summed E-state index contributed by atoms with van der Waals surface area (Å²) in [6.45, 7) is 0. The lowest BCUT2D eigenvalue weighted by atomic mass is 10.1. The van der Waals surface area contributed by atoms with Gasteiger partial charge in [-0.2, -0.15) is 0 Å². The SMILES string of the molecule is NC(CCC(=O)O)C(=O)N1C(=O)c2ccccc2C1=O. The van der Waals surface area contributed by atoms with Gasteiger partial charge < -0.3 is 10.8 Å². The van der Waals surface area contributed by atoms with Crippen LogP contribution in [-0.2, 0) is 9.59 Å². The smallest absolute Gasteiger partial charge is 0.303 e. The summed E-state index contributed by atoms with van der Waals surface area (Å²) in [6, 6.07) is 4.87. The van der Waals surface area contributed by atoms with E-state index >= 15 is 0 Å². The molecule has 0 fully saturated rings. The number of carbonyl (C=O) groups excluding carboxylic acids is 3. The number of carbonyl (C=O) groups is 4. The summed E-state index contributed by atoms with van der Waals surface area (Å²) in [7, 11) is 0. The molecule has 7 nitrogen and oxygen atoms in total. The monoisotopic (exact) mass is 276 g/mol. The molecule has 0 radical (unpaired) electrons. The van der Waals surface area contributed by atoms with Gasteiger partial charge in [0.15, 0.2) is 0 Å². The van der Waals surface area contributed by atoms with Crippen molar-refractivity contribution in [2.45, 2.75) is 18.9 Å². The van der Waals surface area contributed by atoms with Crippen LogP contribution in [0, 0.1) is 0 Å². The minimum Gasteiger partial charge on any atom is -0.481 e. The third-order valence-electron chi connectivity index (χ3n) is 3.00. The molecule has 104 valence electrons. The molecule has 2 rings (SSSR count). The van der Waals surface area contributed by atoms with Crippen LogP contribution in [0.25, 0.3) is 0 Å². The maximum atomic E-state index is 12.0. The van der Waals surface area contributed by atoms with Crippen molar-refractivity contribution in [2.75, 3.05) is 0 Å². The second-order valence-corrected chi connectivity index (χ2v) is 4.37. The number of hydrogen-bond acceptors (Lipinski definition) is 5. The molecule has 0 aromatic heterocycles. The van der Waals surface area contributed by atoms with Crippen LogP contribution in [-0.4, -0.2) is 39.7 Å². The summed E-state index contributed by atoms with van der Waals surface area (Å²) >= 11 is 0. The van der Waals surface area contributed by atoms with Crippen molar-refractivity contribution in [3.63, 3.8) is 0 Å². The van der Waals surface area contributed by atoms with Crippen LogP contribution in [0.3, 0.4) is 0 Å². The van der Waals surface area contributed by atoms with Gasteiger partial charge in [-0.15, -0.1) is 0 Å². The zero-order chi connectivity index (χ0) is 14.9. The Balaban J connectivity index is 2.19. The lowest BCUT2D eigenvalue weighted by Crippen LogP contribution is -2.46. The number of benzene rings is 1. The predicted octanol–water partition coefficient (Wildman–Crippen LogP) is 0.00130. The summed E-state index contributed by atoms with van der Waals surface area (Å²) in [5.74, 6) is -3.42. The standard InChI is InChI=1S/C13H12N2O5/c14-9(5-6-10(16)17)13(20)15-11(18)7-3-1-2-4-8(7)12(15)19/h1-4,9H,5-6,14H2,(H,16,17). The van der Waals surface area contributed by atoms with Gasteiger partial charge in [-0.05, 0) is 18.6 Å². The molecule has 1 aromatic carbocycles. The molecular weight excluding hydrogens is 264 g/mol. The first-order valence-electron chi connectivity index (χ1n) is 5.92. The van der Waals surface area contributed by atoms with E-state index in [2.05, 4.69) is 0 Å². The molecule has 1 atom stereocenters. The normalized spacial score (nSPS) is 15.2. The fraction of sp³-hybridized carbons (Fsp3) is 0.231. The Morgan fingerprint density at radius 1 is 1.15 bits per heavy atom. The molecule has 1 heterocycles. The molecule has 0 bridgehead atoms. The van der Waals surface area contributed by atoms with Gasteiger partial charge in [0.05, 0.1) is 17.2 Å². The maximum absolute atomic E-state index is 12.0. The molecule has 1 aromatic rings. The van der Waals surface area contributed by atoms with Crippen LogP contribution < -0.4 is 5.73 Å². The molecule has 0 aliphatic carbocycles. The molecule has 1 aliphatic heterocycles. The highest BCUT2D eigenvalue weighted by atomic mass is 16.4. The third kappa shape index (κ3) is 2.30. The molecular formula is C13H12N2O5. The van der Waals surface area contributed by atoms with Crippen molar-refractivity contribution in [1.29, 1.82) is 0 Å². The van der Waals surface area contributed by atoms with E-state index in [1.165, 1.54) is 12.1 Å². The Hall–Kier alpha value is -2.54. The van der Waals surface area contributed by atoms with Crippen molar-refractivity contribution in [3.05, 3.63) is 35.4 Å². The first kappa shape index (κ1) is 13.9. The van der Waals surface area contributed by atoms with E-state index in [0.717, 1.165) is 0 Å². The van der Waals surface area contributed by atoms with Crippen LogP contribution in [0.4, 0.5) is 0 Å². The maximum Gasteiger partial charge on any atom is 0.303 e. The molecule has 0 spiro atoms. The van der Waals surface area contributed by atoms with Crippen molar-refractivity contribution >= 4 is 23.7 Å². The number of nitrogens with zero attached hydrogens (tertiary/aromatic N) is 1. The molecule has 0 saturated heterocycles. The van der Waals surface area contributed by atoms with Crippen LogP contribution in [0.1, 0.15) is 33.6 Å². The van der Waals surface area contributed by atoms with Gasteiger partial charge >= 0.3 is 5.97 Å². The van der Waals surface area contributed by atoms with E-state index in [1.54, 1.807) is 12.1 Å². The summed E-state index contributed by atoms with van der Waals surface area (Å²) in [5, 5.41) is 8.54. The number of imide groups is 3. The van der Waals surface area contributed by atoms with Crippen molar-refractivity contribution in [2.24, 2.45) is 5.73 Å². The highest BCUT2D eigenvalue weighted by molar-refractivity contribution is 6.29. The number of aliphatic carboxylic acids is 1. The fourth-order valence-electron chi connectivity index (χ4n) is 1.96. The van der Waals surface area contributed by atoms with E-state index in [0.29, 0.717) is 4.90 Å². The van der Waals surface area contributed by atoms with Crippen LogP contribution in [0.5, 0.6) is 0 Å². The second-order valence-electron chi connectivity index (χ2n) is 4.37. The molecule has 3 amide bonds. The number of hydrogen-bond donors (Lipinski definition) is 2. The predicted molar refractivity (Wildman–Crippen MR) is 66.8 cm³/mol. The van der Waals surface area contributed by atoms with Gasteiger partial charge in [0.1, 0.15) is 0 Å². The Bertz CT molecular complexity index is 576. The topological polar surface area (TPSA) is 118 Å². The Morgan fingerprint density at radius 2 is 1.65 bits per heavy atom. The van der Waals surface area contributed by atoms with E-state index in [9.17, 15) is 19.2 Å². The number of rotatable bonds is 4. The van der Waals surface area contributed by atoms with Crippen LogP contribution >= 0.6 is 0 Å². The van der Waals surface area contributed by atoms with Gasteiger partial charge in [0.25, 0.3) is 17.7 Å². The minimum absolute atomic E-state index is 0.137. The number of carboxylic acids is 1. The van der Waals surface area contributed by atoms with Crippen molar-refractivity contribution in [3.8, 4) is 0 Å². The number of amides is 3. The number of fused-ring (bicyclic) bond motifs is 1. The van der Waals surface area contributed by atoms with E-state index < -0.39 is 29.7 Å². The van der Waals surface area contributed by atoms with Crippen LogP contribution in [0.15, 0.2) is 24.3 Å². The first-order valence-corrected chi connectivity index (χ1v) is 5.92. The first-order chi connectivity index (χ1) is 9.43. The van der Waals surface area contributed by atoms with E-state index in [-0.39, 0.29) is 24.0 Å². The molecule has 7 heteroatoms. The Labute approximate surface area is 114 Å². The summed E-state index contributed by atoms with van der Waals surface area (Å²) in [4.78, 5) is 46.9. The highest BCUT2D eigenvalue weighted by Crippen LogP contribution is 2.23. The molecule has 20 heavy (non-hydrogen) atoms. The second kappa shape index (κ2) is 5.22. The van der Waals surface area contributed by atoms with Gasteiger partial charge in [-0.1, -0.05) is 12.1 Å². The summed E-state index contributed by atoms with van der Waals surface area (Å²) in [5.41, 5.74) is 5.84. The quantitative estimate of drug-likeness (QED) is 0.747.